The highest BCUT2D eigenvalue weighted by Crippen LogP contribution is 2.29. The topological polar surface area (TPSA) is 86.3 Å². The van der Waals surface area contributed by atoms with Gasteiger partial charge in [-0.1, -0.05) is 12.1 Å². The number of rotatable bonds is 8. The van der Waals surface area contributed by atoms with Crippen molar-refractivity contribution in [1.82, 2.24) is 15.4 Å². The third-order valence-corrected chi connectivity index (χ3v) is 3.74. The van der Waals surface area contributed by atoms with Gasteiger partial charge in [0, 0.05) is 6.08 Å². The Labute approximate surface area is 156 Å². The van der Waals surface area contributed by atoms with Gasteiger partial charge in [-0.25, -0.2) is 4.79 Å². The van der Waals surface area contributed by atoms with Crippen LogP contribution in [0.3, 0.4) is 0 Å². The Bertz CT molecular complexity index is 949. The molecule has 0 fully saturated rings. The molecule has 0 aliphatic carbocycles. The lowest BCUT2D eigenvalue weighted by Gasteiger charge is -2.11. The summed E-state index contributed by atoms with van der Waals surface area (Å²) in [6.45, 7) is 5.08. The second-order valence-corrected chi connectivity index (χ2v) is 5.66. The first-order chi connectivity index (χ1) is 13.2. The highest BCUT2D eigenvalue weighted by atomic mass is 16.5. The molecule has 1 aromatic heterocycles. The SMILES string of the molecule is CCOc1ccc(/C=C/C(=O)OCc2ccc3n[nH]nc3c2)cc1OCC. The molecule has 3 aromatic rings. The van der Waals surface area contributed by atoms with Gasteiger partial charge in [-0.2, -0.15) is 15.4 Å². The number of benzene rings is 2. The molecule has 7 heteroatoms. The smallest absolute Gasteiger partial charge is 0.331 e. The van der Waals surface area contributed by atoms with E-state index in [0.717, 1.165) is 22.2 Å². The van der Waals surface area contributed by atoms with Crippen LogP contribution in [0.1, 0.15) is 25.0 Å². The predicted octanol–water partition coefficient (Wildman–Crippen LogP) is 3.51. The summed E-state index contributed by atoms with van der Waals surface area (Å²) in [5.74, 6) is 0.903. The summed E-state index contributed by atoms with van der Waals surface area (Å²) in [4.78, 5) is 12.0. The first-order valence-electron chi connectivity index (χ1n) is 8.73. The number of H-pyrrole nitrogens is 1. The predicted molar refractivity (Wildman–Crippen MR) is 101 cm³/mol. The molecule has 1 heterocycles. The van der Waals surface area contributed by atoms with E-state index in [-0.39, 0.29) is 6.61 Å². The summed E-state index contributed by atoms with van der Waals surface area (Å²) in [6, 6.07) is 11.0. The van der Waals surface area contributed by atoms with Crippen LogP contribution in [0.25, 0.3) is 17.1 Å². The van der Waals surface area contributed by atoms with Crippen molar-refractivity contribution in [2.45, 2.75) is 20.5 Å². The molecule has 0 saturated heterocycles. The monoisotopic (exact) mass is 367 g/mol. The molecule has 0 spiro atoms. The maximum absolute atomic E-state index is 12.0. The van der Waals surface area contributed by atoms with Crippen molar-refractivity contribution in [3.63, 3.8) is 0 Å². The van der Waals surface area contributed by atoms with E-state index in [9.17, 15) is 4.79 Å². The Morgan fingerprint density at radius 3 is 2.59 bits per heavy atom. The number of nitrogens with zero attached hydrogens (tertiary/aromatic N) is 2. The first kappa shape index (κ1) is 18.4. The van der Waals surface area contributed by atoms with Crippen molar-refractivity contribution in [1.29, 1.82) is 0 Å². The molecule has 2 aromatic carbocycles. The number of esters is 1. The minimum absolute atomic E-state index is 0.166. The average Bonchev–Trinajstić information content (AvgIpc) is 3.14. The first-order valence-corrected chi connectivity index (χ1v) is 8.73. The number of aromatic nitrogens is 3. The molecule has 27 heavy (non-hydrogen) atoms. The van der Waals surface area contributed by atoms with Gasteiger partial charge in [0.2, 0.25) is 0 Å². The fourth-order valence-corrected chi connectivity index (χ4v) is 2.51. The minimum atomic E-state index is -0.429. The molecule has 0 amide bonds. The third kappa shape index (κ3) is 4.84. The molecule has 0 bridgehead atoms. The normalized spacial score (nSPS) is 11.0. The zero-order valence-corrected chi connectivity index (χ0v) is 15.3. The minimum Gasteiger partial charge on any atom is -0.490 e. The lowest BCUT2D eigenvalue weighted by atomic mass is 10.2. The van der Waals surface area contributed by atoms with Crippen LogP contribution in [-0.4, -0.2) is 34.6 Å². The standard InChI is InChI=1S/C20H21N3O4/c1-3-25-18-9-6-14(12-19(18)26-4-2)7-10-20(24)27-13-15-5-8-16-17(11-15)22-23-21-16/h5-12H,3-4,13H2,1-2H3,(H,21,22,23)/b10-7+. The number of hydrogen-bond acceptors (Lipinski definition) is 6. The summed E-state index contributed by atoms with van der Waals surface area (Å²) in [7, 11) is 0. The van der Waals surface area contributed by atoms with Gasteiger partial charge < -0.3 is 14.2 Å². The Balaban J connectivity index is 1.61. The molecular weight excluding hydrogens is 346 g/mol. The molecule has 0 unspecified atom stereocenters. The van der Waals surface area contributed by atoms with Crippen molar-refractivity contribution in [2.75, 3.05) is 13.2 Å². The number of hydrogen-bond donors (Lipinski definition) is 1. The van der Waals surface area contributed by atoms with Crippen LogP contribution in [-0.2, 0) is 16.1 Å². The van der Waals surface area contributed by atoms with Crippen LogP contribution in [0.4, 0.5) is 0 Å². The van der Waals surface area contributed by atoms with Gasteiger partial charge in [0.05, 0.1) is 13.2 Å². The van der Waals surface area contributed by atoms with E-state index in [2.05, 4.69) is 15.4 Å². The summed E-state index contributed by atoms with van der Waals surface area (Å²) in [5, 5.41) is 10.6. The molecule has 3 rings (SSSR count). The highest BCUT2D eigenvalue weighted by Gasteiger charge is 2.06. The molecule has 0 atom stereocenters. The highest BCUT2D eigenvalue weighted by molar-refractivity contribution is 5.87. The summed E-state index contributed by atoms with van der Waals surface area (Å²) in [6.07, 6.45) is 3.07. The van der Waals surface area contributed by atoms with E-state index in [4.69, 9.17) is 14.2 Å². The largest absolute Gasteiger partial charge is 0.490 e. The van der Waals surface area contributed by atoms with E-state index in [1.807, 2.05) is 50.2 Å². The maximum atomic E-state index is 12.0. The molecule has 7 nitrogen and oxygen atoms in total. The lowest BCUT2D eigenvalue weighted by molar-refractivity contribution is -0.138. The van der Waals surface area contributed by atoms with E-state index in [1.54, 1.807) is 6.08 Å². The van der Waals surface area contributed by atoms with Crippen molar-refractivity contribution < 1.29 is 19.0 Å². The van der Waals surface area contributed by atoms with Crippen LogP contribution in [0.2, 0.25) is 0 Å². The Kier molecular flexibility index (Phi) is 6.04. The van der Waals surface area contributed by atoms with Crippen molar-refractivity contribution in [3.8, 4) is 11.5 Å². The fraction of sp³-hybridized carbons (Fsp3) is 0.250. The summed E-state index contributed by atoms with van der Waals surface area (Å²) < 4.78 is 16.4. The molecular formula is C20H21N3O4. The Hall–Kier alpha value is -3.35. The Morgan fingerprint density at radius 2 is 1.78 bits per heavy atom. The van der Waals surface area contributed by atoms with Crippen molar-refractivity contribution >= 4 is 23.1 Å². The summed E-state index contributed by atoms with van der Waals surface area (Å²) >= 11 is 0. The van der Waals surface area contributed by atoms with E-state index in [0.29, 0.717) is 24.7 Å². The van der Waals surface area contributed by atoms with Crippen LogP contribution >= 0.6 is 0 Å². The zero-order valence-electron chi connectivity index (χ0n) is 15.3. The van der Waals surface area contributed by atoms with Gasteiger partial charge >= 0.3 is 5.97 Å². The van der Waals surface area contributed by atoms with Gasteiger partial charge in [0.25, 0.3) is 0 Å². The fourth-order valence-electron chi connectivity index (χ4n) is 2.51. The molecule has 0 radical (unpaired) electrons. The second-order valence-electron chi connectivity index (χ2n) is 5.66. The van der Waals surface area contributed by atoms with Gasteiger partial charge in [-0.05, 0) is 55.3 Å². The van der Waals surface area contributed by atoms with Crippen LogP contribution in [0, 0.1) is 0 Å². The quantitative estimate of drug-likeness (QED) is 0.484. The number of ether oxygens (including phenoxy) is 3. The lowest BCUT2D eigenvalue weighted by Crippen LogP contribution is -2.01. The second kappa shape index (κ2) is 8.84. The van der Waals surface area contributed by atoms with Gasteiger partial charge in [-0.15, -0.1) is 0 Å². The van der Waals surface area contributed by atoms with Crippen molar-refractivity contribution in [2.24, 2.45) is 0 Å². The number of nitrogens with one attached hydrogen (secondary N) is 1. The van der Waals surface area contributed by atoms with E-state index in [1.165, 1.54) is 6.08 Å². The number of aromatic amines is 1. The molecule has 0 aliphatic heterocycles. The maximum Gasteiger partial charge on any atom is 0.331 e. The molecule has 0 saturated carbocycles. The number of carbonyl (C=O) groups is 1. The zero-order chi connectivity index (χ0) is 19.1. The third-order valence-electron chi connectivity index (χ3n) is 3.74. The van der Waals surface area contributed by atoms with E-state index >= 15 is 0 Å². The van der Waals surface area contributed by atoms with Crippen LogP contribution < -0.4 is 9.47 Å². The summed E-state index contributed by atoms with van der Waals surface area (Å²) in [5.41, 5.74) is 3.17. The molecule has 0 aliphatic rings. The number of fused-ring (bicyclic) bond motifs is 1. The molecule has 140 valence electrons. The van der Waals surface area contributed by atoms with Gasteiger partial charge in [0.1, 0.15) is 17.6 Å². The van der Waals surface area contributed by atoms with Crippen LogP contribution in [0.15, 0.2) is 42.5 Å². The van der Waals surface area contributed by atoms with E-state index < -0.39 is 5.97 Å². The number of carbonyl (C=O) groups excluding carboxylic acids is 1. The van der Waals surface area contributed by atoms with Crippen molar-refractivity contribution in [3.05, 3.63) is 53.6 Å². The average molecular weight is 367 g/mol. The Morgan fingerprint density at radius 1 is 1.00 bits per heavy atom. The van der Waals surface area contributed by atoms with Crippen LogP contribution in [0.5, 0.6) is 11.5 Å². The van der Waals surface area contributed by atoms with Gasteiger partial charge in [0.15, 0.2) is 11.5 Å². The van der Waals surface area contributed by atoms with Gasteiger partial charge in [-0.3, -0.25) is 0 Å². The molecule has 1 N–H and O–H groups in total.